The smallest absolute Gasteiger partial charge is 0.249 e. The highest BCUT2D eigenvalue weighted by Crippen LogP contribution is 2.34. The Bertz CT molecular complexity index is 1070. The fraction of sp³-hybridized carbons (Fsp3) is 0.444. The quantitative estimate of drug-likeness (QED) is 0.392. The lowest BCUT2D eigenvalue weighted by Crippen LogP contribution is -2.27. The van der Waals surface area contributed by atoms with Crippen molar-refractivity contribution in [2.75, 3.05) is 6.61 Å². The van der Waals surface area contributed by atoms with Crippen LogP contribution in [-0.4, -0.2) is 27.6 Å². The number of amides is 1. The molecule has 33 heavy (non-hydrogen) atoms. The van der Waals surface area contributed by atoms with Crippen LogP contribution in [0.2, 0.25) is 0 Å². The van der Waals surface area contributed by atoms with Crippen molar-refractivity contribution in [3.63, 3.8) is 0 Å². The van der Waals surface area contributed by atoms with Crippen LogP contribution in [0.15, 0.2) is 53.1 Å². The van der Waals surface area contributed by atoms with E-state index in [1.165, 1.54) is 5.56 Å². The molecule has 2 aromatic carbocycles. The van der Waals surface area contributed by atoms with E-state index in [2.05, 4.69) is 62.1 Å². The highest BCUT2D eigenvalue weighted by molar-refractivity contribution is 5.78. The molecule has 0 radical (unpaired) electrons. The maximum atomic E-state index is 12.6. The van der Waals surface area contributed by atoms with Gasteiger partial charge in [-0.1, -0.05) is 63.5 Å². The van der Waals surface area contributed by atoms with E-state index < -0.39 is 0 Å². The molecule has 1 amide bonds. The number of carbonyl (C=O) groups is 1. The molecule has 1 aliphatic rings. The summed E-state index contributed by atoms with van der Waals surface area (Å²) in [6, 6.07) is 16.0. The Morgan fingerprint density at radius 1 is 1.09 bits per heavy atom. The number of benzene rings is 2. The third kappa shape index (κ3) is 5.44. The summed E-state index contributed by atoms with van der Waals surface area (Å²) < 4.78 is 11.3. The second-order valence-electron chi connectivity index (χ2n) is 9.71. The first-order valence-electron chi connectivity index (χ1n) is 11.8. The Kier molecular flexibility index (Phi) is 6.82. The Morgan fingerprint density at radius 2 is 1.82 bits per heavy atom. The van der Waals surface area contributed by atoms with Gasteiger partial charge in [-0.05, 0) is 53.6 Å². The maximum Gasteiger partial charge on any atom is 0.249 e. The van der Waals surface area contributed by atoms with Gasteiger partial charge in [0.15, 0.2) is 0 Å². The van der Waals surface area contributed by atoms with Crippen LogP contribution in [0.3, 0.4) is 0 Å². The van der Waals surface area contributed by atoms with Crippen LogP contribution in [0.5, 0.6) is 5.75 Å². The Hall–Kier alpha value is -3.15. The van der Waals surface area contributed by atoms with Crippen molar-refractivity contribution in [2.45, 2.75) is 71.4 Å². The molecule has 1 saturated heterocycles. The lowest BCUT2D eigenvalue weighted by Gasteiger charge is -2.23. The monoisotopic (exact) mass is 447 g/mol. The number of ether oxygens (including phenoxy) is 1. The summed E-state index contributed by atoms with van der Waals surface area (Å²) in [7, 11) is 0. The predicted molar refractivity (Wildman–Crippen MR) is 128 cm³/mol. The lowest BCUT2D eigenvalue weighted by molar-refractivity contribution is -0.129. The van der Waals surface area contributed by atoms with E-state index >= 15 is 0 Å². The molecular weight excluding hydrogens is 414 g/mol. The summed E-state index contributed by atoms with van der Waals surface area (Å²) in [5.41, 5.74) is 3.34. The van der Waals surface area contributed by atoms with Crippen LogP contribution < -0.4 is 4.74 Å². The Morgan fingerprint density at radius 3 is 2.48 bits per heavy atom. The van der Waals surface area contributed by atoms with Crippen LogP contribution >= 0.6 is 0 Å². The summed E-state index contributed by atoms with van der Waals surface area (Å²) in [5, 5.41) is 4.18. The molecule has 6 heteroatoms. The van der Waals surface area contributed by atoms with Crippen molar-refractivity contribution >= 4 is 5.91 Å². The molecule has 4 rings (SSSR count). The van der Waals surface area contributed by atoms with Crippen LogP contribution in [-0.2, 0) is 16.8 Å². The van der Waals surface area contributed by atoms with Crippen molar-refractivity contribution in [2.24, 2.45) is 0 Å². The van der Waals surface area contributed by atoms with Gasteiger partial charge in [0.2, 0.25) is 17.6 Å². The third-order valence-electron chi connectivity index (χ3n) is 6.11. The minimum atomic E-state index is -0.197. The molecule has 174 valence electrons. The largest absolute Gasteiger partial charge is 0.494 e. The van der Waals surface area contributed by atoms with E-state index in [-0.39, 0.29) is 17.4 Å². The fourth-order valence-corrected chi connectivity index (χ4v) is 4.02. The molecule has 0 bridgehead atoms. The minimum Gasteiger partial charge on any atom is -0.494 e. The van der Waals surface area contributed by atoms with Crippen LogP contribution in [0, 0.1) is 0 Å². The van der Waals surface area contributed by atoms with Gasteiger partial charge in [0.25, 0.3) is 0 Å². The normalized spacial score (nSPS) is 16.4. The first-order chi connectivity index (χ1) is 15.8. The number of aromatic nitrogens is 2. The number of nitrogens with zero attached hydrogens (tertiary/aromatic N) is 3. The first kappa shape index (κ1) is 23.0. The second kappa shape index (κ2) is 9.77. The van der Waals surface area contributed by atoms with Gasteiger partial charge in [0.05, 0.1) is 6.61 Å². The SMILES string of the molecule is CCCCOc1ccc(-c2noc(C3CCC(=O)N3Cc3ccc(C(C)(C)C)cc3)n2)cc1. The molecule has 1 atom stereocenters. The molecule has 6 nitrogen and oxygen atoms in total. The number of unbranched alkanes of at least 4 members (excludes halogenated alkanes) is 1. The van der Waals surface area contributed by atoms with E-state index in [1.807, 2.05) is 29.2 Å². The van der Waals surface area contributed by atoms with Crippen LogP contribution in [0.1, 0.15) is 76.4 Å². The van der Waals surface area contributed by atoms with Gasteiger partial charge in [0.1, 0.15) is 11.8 Å². The number of hydrogen-bond donors (Lipinski definition) is 0. The van der Waals surface area contributed by atoms with E-state index in [9.17, 15) is 4.79 Å². The summed E-state index contributed by atoms with van der Waals surface area (Å²) in [6.45, 7) is 9.98. The zero-order valence-corrected chi connectivity index (χ0v) is 20.0. The first-order valence-corrected chi connectivity index (χ1v) is 11.8. The molecule has 1 fully saturated rings. The van der Waals surface area contributed by atoms with Gasteiger partial charge in [-0.3, -0.25) is 4.79 Å². The fourth-order valence-electron chi connectivity index (χ4n) is 4.02. The van der Waals surface area contributed by atoms with E-state index in [4.69, 9.17) is 9.26 Å². The molecule has 0 aliphatic carbocycles. The lowest BCUT2D eigenvalue weighted by atomic mass is 9.87. The van der Waals surface area contributed by atoms with Crippen LogP contribution in [0.4, 0.5) is 0 Å². The van der Waals surface area contributed by atoms with Gasteiger partial charge in [-0.15, -0.1) is 0 Å². The van der Waals surface area contributed by atoms with Gasteiger partial charge < -0.3 is 14.2 Å². The number of carbonyl (C=O) groups excluding carboxylic acids is 1. The van der Waals surface area contributed by atoms with E-state index in [0.717, 1.165) is 29.7 Å². The summed E-state index contributed by atoms with van der Waals surface area (Å²) in [6.07, 6.45) is 3.32. The third-order valence-corrected chi connectivity index (χ3v) is 6.11. The summed E-state index contributed by atoms with van der Waals surface area (Å²) in [5.74, 6) is 1.97. The zero-order valence-electron chi connectivity index (χ0n) is 20.0. The molecule has 3 aromatic rings. The molecule has 2 heterocycles. The highest BCUT2D eigenvalue weighted by atomic mass is 16.5. The van der Waals surface area contributed by atoms with E-state index in [1.54, 1.807) is 0 Å². The van der Waals surface area contributed by atoms with Crippen molar-refractivity contribution in [3.8, 4) is 17.1 Å². The van der Waals surface area contributed by atoms with Crippen molar-refractivity contribution < 1.29 is 14.1 Å². The van der Waals surface area contributed by atoms with Gasteiger partial charge in [-0.2, -0.15) is 4.98 Å². The number of hydrogen-bond acceptors (Lipinski definition) is 5. The number of likely N-dealkylation sites (tertiary alicyclic amines) is 1. The minimum absolute atomic E-state index is 0.102. The highest BCUT2D eigenvalue weighted by Gasteiger charge is 2.36. The molecule has 1 unspecified atom stereocenters. The average molecular weight is 448 g/mol. The van der Waals surface area contributed by atoms with Crippen molar-refractivity contribution in [3.05, 3.63) is 65.5 Å². The summed E-state index contributed by atoms with van der Waals surface area (Å²) in [4.78, 5) is 19.1. The average Bonchev–Trinajstić information content (AvgIpc) is 3.42. The van der Waals surface area contributed by atoms with Gasteiger partial charge >= 0.3 is 0 Å². The molecule has 0 spiro atoms. The Labute approximate surface area is 196 Å². The number of rotatable bonds is 8. The molecule has 1 aromatic heterocycles. The Balaban J connectivity index is 1.46. The van der Waals surface area contributed by atoms with Crippen LogP contribution in [0.25, 0.3) is 11.4 Å². The summed E-state index contributed by atoms with van der Waals surface area (Å²) >= 11 is 0. The predicted octanol–water partition coefficient (Wildman–Crippen LogP) is 6.08. The maximum absolute atomic E-state index is 12.6. The molecular formula is C27H33N3O3. The molecule has 0 saturated carbocycles. The molecule has 1 aliphatic heterocycles. The topological polar surface area (TPSA) is 68.5 Å². The molecule has 0 N–H and O–H groups in total. The van der Waals surface area contributed by atoms with Gasteiger partial charge in [0, 0.05) is 18.5 Å². The van der Waals surface area contributed by atoms with E-state index in [0.29, 0.717) is 37.7 Å². The second-order valence-corrected chi connectivity index (χ2v) is 9.71. The standard InChI is InChI=1S/C27H33N3O3/c1-5-6-17-32-22-13-9-20(10-14-22)25-28-26(33-29-25)23-15-16-24(31)30(23)18-19-7-11-21(12-8-19)27(2,3)4/h7-14,23H,5-6,15-18H2,1-4H3. The van der Waals surface area contributed by atoms with Crippen molar-refractivity contribution in [1.29, 1.82) is 0 Å². The van der Waals surface area contributed by atoms with Crippen molar-refractivity contribution in [1.82, 2.24) is 15.0 Å². The zero-order chi connectivity index (χ0) is 23.4. The van der Waals surface area contributed by atoms with Gasteiger partial charge in [-0.25, -0.2) is 0 Å².